The van der Waals surface area contributed by atoms with E-state index in [9.17, 15) is 10.2 Å². The Bertz CT molecular complexity index is 364. The maximum atomic E-state index is 9.41. The number of aliphatic hydroxyl groups is 2. The summed E-state index contributed by atoms with van der Waals surface area (Å²) in [6.45, 7) is 5.01. The third kappa shape index (κ3) is 2.42. The molecule has 2 N–H and O–H groups in total. The van der Waals surface area contributed by atoms with E-state index in [1.54, 1.807) is 13.1 Å². The van der Waals surface area contributed by atoms with E-state index in [2.05, 4.69) is 16.8 Å². The van der Waals surface area contributed by atoms with E-state index < -0.39 is 6.10 Å². The summed E-state index contributed by atoms with van der Waals surface area (Å²) in [5.41, 5.74) is 1.71. The summed E-state index contributed by atoms with van der Waals surface area (Å²) in [5, 5.41) is 18.8. The Hall–Kier alpha value is -1.13. The highest BCUT2D eigenvalue weighted by atomic mass is 16.3. The fourth-order valence-electron chi connectivity index (χ4n) is 2.42. The third-order valence-corrected chi connectivity index (χ3v) is 3.60. The molecule has 1 aliphatic rings. The fourth-order valence-corrected chi connectivity index (χ4v) is 2.42. The molecule has 1 aliphatic heterocycles. The molecule has 1 aromatic rings. The van der Waals surface area contributed by atoms with Crippen LogP contribution in [0.25, 0.3) is 0 Å². The van der Waals surface area contributed by atoms with Crippen LogP contribution in [0.2, 0.25) is 0 Å². The van der Waals surface area contributed by atoms with Gasteiger partial charge in [0.1, 0.15) is 0 Å². The quantitative estimate of drug-likeness (QED) is 0.831. The van der Waals surface area contributed by atoms with Crippen LogP contribution in [-0.4, -0.2) is 34.4 Å². The van der Waals surface area contributed by atoms with E-state index >= 15 is 0 Å². The van der Waals surface area contributed by atoms with Crippen LogP contribution in [0.1, 0.15) is 32.1 Å². The first-order chi connectivity index (χ1) is 8.13. The van der Waals surface area contributed by atoms with Crippen LogP contribution in [0, 0.1) is 5.92 Å². The summed E-state index contributed by atoms with van der Waals surface area (Å²) >= 11 is 0. The molecule has 1 saturated heterocycles. The molecule has 3 atom stereocenters. The maximum absolute atomic E-state index is 9.41. The van der Waals surface area contributed by atoms with Crippen molar-refractivity contribution in [1.82, 2.24) is 4.98 Å². The lowest BCUT2D eigenvalue weighted by atomic mass is 10.0. The van der Waals surface area contributed by atoms with Crippen LogP contribution >= 0.6 is 0 Å². The van der Waals surface area contributed by atoms with Gasteiger partial charge in [-0.05, 0) is 31.4 Å². The largest absolute Gasteiger partial charge is 0.394 e. The van der Waals surface area contributed by atoms with E-state index in [-0.39, 0.29) is 12.6 Å². The van der Waals surface area contributed by atoms with E-state index in [0.29, 0.717) is 11.6 Å². The summed E-state index contributed by atoms with van der Waals surface area (Å²) in [5.74, 6) is 0.511. The average molecular weight is 236 g/mol. The molecule has 2 heterocycles. The number of aliphatic hydroxyl groups excluding tert-OH is 2. The Morgan fingerprint density at radius 1 is 1.53 bits per heavy atom. The number of hydrogen-bond acceptors (Lipinski definition) is 4. The van der Waals surface area contributed by atoms with Crippen molar-refractivity contribution in [2.75, 3.05) is 18.1 Å². The molecule has 0 aliphatic carbocycles. The summed E-state index contributed by atoms with van der Waals surface area (Å²) in [7, 11) is 0. The van der Waals surface area contributed by atoms with E-state index in [0.717, 1.165) is 18.7 Å². The minimum absolute atomic E-state index is 0.180. The minimum atomic E-state index is -0.532. The summed E-state index contributed by atoms with van der Waals surface area (Å²) in [4.78, 5) is 6.44. The zero-order valence-electron chi connectivity index (χ0n) is 10.4. The number of rotatable bonds is 3. The molecule has 4 heteroatoms. The molecule has 0 radical (unpaired) electrons. The van der Waals surface area contributed by atoms with Gasteiger partial charge in [-0.1, -0.05) is 6.92 Å². The van der Waals surface area contributed by atoms with Crippen molar-refractivity contribution in [2.45, 2.75) is 32.4 Å². The van der Waals surface area contributed by atoms with Crippen LogP contribution in [0.5, 0.6) is 0 Å². The van der Waals surface area contributed by atoms with E-state index in [4.69, 9.17) is 0 Å². The molecule has 1 fully saturated rings. The normalized spacial score (nSPS) is 26.2. The van der Waals surface area contributed by atoms with Gasteiger partial charge < -0.3 is 15.1 Å². The van der Waals surface area contributed by atoms with Gasteiger partial charge in [0.2, 0.25) is 0 Å². The van der Waals surface area contributed by atoms with Crippen LogP contribution in [0.15, 0.2) is 18.3 Å². The Morgan fingerprint density at radius 3 is 2.82 bits per heavy atom. The molecule has 0 amide bonds. The molecule has 0 saturated carbocycles. The highest BCUT2D eigenvalue weighted by molar-refractivity contribution is 5.47. The van der Waals surface area contributed by atoms with Gasteiger partial charge >= 0.3 is 0 Å². The van der Waals surface area contributed by atoms with Crippen LogP contribution < -0.4 is 4.90 Å². The van der Waals surface area contributed by atoms with Gasteiger partial charge in [0, 0.05) is 6.54 Å². The van der Waals surface area contributed by atoms with Gasteiger partial charge in [-0.2, -0.15) is 0 Å². The third-order valence-electron chi connectivity index (χ3n) is 3.60. The van der Waals surface area contributed by atoms with Crippen molar-refractivity contribution in [3.05, 3.63) is 24.0 Å². The number of pyridine rings is 1. The molecule has 17 heavy (non-hydrogen) atoms. The molecule has 0 bridgehead atoms. The molecular weight excluding hydrogens is 216 g/mol. The number of nitrogens with zero attached hydrogens (tertiary/aromatic N) is 2. The second-order valence-electron chi connectivity index (χ2n) is 4.83. The fraction of sp³-hybridized carbons (Fsp3) is 0.615. The van der Waals surface area contributed by atoms with Gasteiger partial charge in [-0.15, -0.1) is 0 Å². The topological polar surface area (TPSA) is 56.6 Å². The molecule has 94 valence electrons. The van der Waals surface area contributed by atoms with Crippen molar-refractivity contribution < 1.29 is 10.2 Å². The molecule has 0 aromatic carbocycles. The van der Waals surface area contributed by atoms with Crippen LogP contribution in [0.4, 0.5) is 5.69 Å². The summed E-state index contributed by atoms with van der Waals surface area (Å²) in [6, 6.07) is 4.00. The molecule has 2 rings (SSSR count). The van der Waals surface area contributed by atoms with Crippen molar-refractivity contribution in [3.63, 3.8) is 0 Å². The lowest BCUT2D eigenvalue weighted by Gasteiger charge is -2.27. The molecule has 3 unspecified atom stereocenters. The van der Waals surface area contributed by atoms with Crippen molar-refractivity contribution >= 4 is 5.69 Å². The van der Waals surface area contributed by atoms with Gasteiger partial charge in [-0.3, -0.25) is 4.98 Å². The standard InChI is InChI=1S/C13H20N2O2/c1-9-5-6-15(13(9)8-16)11-3-4-12(10(2)17)14-7-11/h3-4,7,9-10,13,16-17H,5-6,8H2,1-2H3. The van der Waals surface area contributed by atoms with Crippen molar-refractivity contribution in [2.24, 2.45) is 5.92 Å². The van der Waals surface area contributed by atoms with Crippen molar-refractivity contribution in [3.8, 4) is 0 Å². The van der Waals surface area contributed by atoms with Crippen molar-refractivity contribution in [1.29, 1.82) is 0 Å². The van der Waals surface area contributed by atoms with Crippen LogP contribution in [-0.2, 0) is 0 Å². The lowest BCUT2D eigenvalue weighted by Crippen LogP contribution is -2.35. The predicted octanol–water partition coefficient (Wildman–Crippen LogP) is 1.34. The molecule has 0 spiro atoms. The summed E-state index contributed by atoms with van der Waals surface area (Å²) in [6.07, 6.45) is 2.35. The number of hydrogen-bond donors (Lipinski definition) is 2. The first-order valence-corrected chi connectivity index (χ1v) is 6.15. The van der Waals surface area contributed by atoms with Crippen LogP contribution in [0.3, 0.4) is 0 Å². The zero-order chi connectivity index (χ0) is 12.4. The SMILES string of the molecule is CC(O)c1ccc(N2CCC(C)C2CO)cn1. The monoisotopic (exact) mass is 236 g/mol. The smallest absolute Gasteiger partial charge is 0.0931 e. The molecule has 1 aromatic heterocycles. The minimum Gasteiger partial charge on any atom is -0.394 e. The second-order valence-corrected chi connectivity index (χ2v) is 4.83. The van der Waals surface area contributed by atoms with Gasteiger partial charge in [0.15, 0.2) is 0 Å². The number of aromatic nitrogens is 1. The Balaban J connectivity index is 2.17. The highest BCUT2D eigenvalue weighted by Crippen LogP contribution is 2.29. The van der Waals surface area contributed by atoms with Gasteiger partial charge in [0.05, 0.1) is 36.3 Å². The molecular formula is C13H20N2O2. The summed E-state index contributed by atoms with van der Waals surface area (Å²) < 4.78 is 0. The number of anilines is 1. The van der Waals surface area contributed by atoms with E-state index in [1.165, 1.54) is 0 Å². The van der Waals surface area contributed by atoms with E-state index in [1.807, 2.05) is 12.1 Å². The predicted molar refractivity (Wildman–Crippen MR) is 66.9 cm³/mol. The second kappa shape index (κ2) is 5.02. The highest BCUT2D eigenvalue weighted by Gasteiger charge is 2.30. The van der Waals surface area contributed by atoms with Gasteiger partial charge in [-0.25, -0.2) is 0 Å². The maximum Gasteiger partial charge on any atom is 0.0931 e. The Labute approximate surface area is 102 Å². The first kappa shape index (κ1) is 12.3. The Kier molecular flexibility index (Phi) is 3.64. The molecule has 4 nitrogen and oxygen atoms in total. The first-order valence-electron chi connectivity index (χ1n) is 6.15. The zero-order valence-corrected chi connectivity index (χ0v) is 10.4. The average Bonchev–Trinajstić information content (AvgIpc) is 2.70. The van der Waals surface area contributed by atoms with Gasteiger partial charge in [0.25, 0.3) is 0 Å². The lowest BCUT2D eigenvalue weighted by molar-refractivity contribution is 0.194. The Morgan fingerprint density at radius 2 is 2.29 bits per heavy atom.